The van der Waals surface area contributed by atoms with Crippen LogP contribution in [0.25, 0.3) is 0 Å². The van der Waals surface area contributed by atoms with Crippen LogP contribution < -0.4 is 0 Å². The normalized spacial score (nSPS) is 24.4. The Balaban J connectivity index is 1.95. The summed E-state index contributed by atoms with van der Waals surface area (Å²) in [5, 5.41) is 0. The summed E-state index contributed by atoms with van der Waals surface area (Å²) >= 11 is 0. The van der Waals surface area contributed by atoms with Crippen LogP contribution in [0.1, 0.15) is 32.6 Å². The van der Waals surface area contributed by atoms with Gasteiger partial charge in [-0.05, 0) is 25.2 Å². The van der Waals surface area contributed by atoms with E-state index in [4.69, 9.17) is 14.2 Å². The van der Waals surface area contributed by atoms with Gasteiger partial charge in [-0.25, -0.2) is 0 Å². The molecule has 1 saturated carbocycles. The number of carbonyl (C=O) groups is 1. The van der Waals surface area contributed by atoms with Crippen LogP contribution in [0.5, 0.6) is 0 Å². The number of hydrogen-bond acceptors (Lipinski definition) is 4. The molecular weight excluding hydrogens is 232 g/mol. The van der Waals surface area contributed by atoms with E-state index in [9.17, 15) is 4.79 Å². The Morgan fingerprint density at radius 1 is 1.11 bits per heavy atom. The van der Waals surface area contributed by atoms with Gasteiger partial charge in [0.1, 0.15) is 5.78 Å². The molecule has 1 rings (SSSR count). The molecule has 0 aromatic carbocycles. The largest absolute Gasteiger partial charge is 0.382 e. The van der Waals surface area contributed by atoms with Crippen LogP contribution in [0.2, 0.25) is 0 Å². The van der Waals surface area contributed by atoms with Crippen molar-refractivity contribution in [2.24, 2.45) is 11.8 Å². The third kappa shape index (κ3) is 6.47. The highest BCUT2D eigenvalue weighted by Crippen LogP contribution is 2.27. The molecule has 0 amide bonds. The second-order valence-electron chi connectivity index (χ2n) is 5.05. The summed E-state index contributed by atoms with van der Waals surface area (Å²) < 4.78 is 15.6. The van der Waals surface area contributed by atoms with Gasteiger partial charge in [0.05, 0.1) is 26.4 Å². The molecule has 0 heterocycles. The maximum Gasteiger partial charge on any atom is 0.136 e. The van der Waals surface area contributed by atoms with Gasteiger partial charge in [0.15, 0.2) is 0 Å². The number of rotatable bonds is 9. The highest BCUT2D eigenvalue weighted by molar-refractivity contribution is 5.81. The Bertz CT molecular complexity index is 230. The molecule has 0 bridgehead atoms. The van der Waals surface area contributed by atoms with Gasteiger partial charge in [0, 0.05) is 26.1 Å². The SMILES string of the molecule is COCCOCCOCCC1CC(C)CCC1=O. The molecule has 106 valence electrons. The lowest BCUT2D eigenvalue weighted by molar-refractivity contribution is -0.126. The topological polar surface area (TPSA) is 44.8 Å². The quantitative estimate of drug-likeness (QED) is 0.594. The average Bonchev–Trinajstić information content (AvgIpc) is 2.36. The van der Waals surface area contributed by atoms with Crippen molar-refractivity contribution in [1.82, 2.24) is 0 Å². The summed E-state index contributed by atoms with van der Waals surface area (Å²) in [5.41, 5.74) is 0. The van der Waals surface area contributed by atoms with Crippen LogP contribution in [0.3, 0.4) is 0 Å². The summed E-state index contributed by atoms with van der Waals surface area (Å²) in [4.78, 5) is 11.7. The summed E-state index contributed by atoms with van der Waals surface area (Å²) in [5.74, 6) is 1.33. The van der Waals surface area contributed by atoms with Crippen molar-refractivity contribution in [1.29, 1.82) is 0 Å². The molecule has 1 fully saturated rings. The second-order valence-corrected chi connectivity index (χ2v) is 5.05. The number of carbonyl (C=O) groups excluding carboxylic acids is 1. The molecule has 0 saturated heterocycles. The van der Waals surface area contributed by atoms with Crippen molar-refractivity contribution in [2.45, 2.75) is 32.6 Å². The first-order valence-electron chi connectivity index (χ1n) is 6.91. The first kappa shape index (κ1) is 15.6. The molecule has 0 radical (unpaired) electrons. The van der Waals surface area contributed by atoms with E-state index in [2.05, 4.69) is 6.92 Å². The fraction of sp³-hybridized carbons (Fsp3) is 0.929. The minimum Gasteiger partial charge on any atom is -0.382 e. The Morgan fingerprint density at radius 2 is 1.78 bits per heavy atom. The Labute approximate surface area is 110 Å². The molecule has 0 spiro atoms. The average molecular weight is 258 g/mol. The molecule has 2 atom stereocenters. The van der Waals surface area contributed by atoms with Gasteiger partial charge < -0.3 is 14.2 Å². The highest BCUT2D eigenvalue weighted by Gasteiger charge is 2.25. The minimum atomic E-state index is 0.225. The standard InChI is InChI=1S/C14H26O4/c1-12-3-4-14(15)13(11-12)5-6-17-9-10-18-8-7-16-2/h12-13H,3-11H2,1-2H3. The molecule has 1 aliphatic carbocycles. The van der Waals surface area contributed by atoms with Gasteiger partial charge >= 0.3 is 0 Å². The fourth-order valence-corrected chi connectivity index (χ4v) is 2.30. The first-order valence-corrected chi connectivity index (χ1v) is 6.91. The van der Waals surface area contributed by atoms with Crippen LogP contribution in [-0.4, -0.2) is 45.9 Å². The van der Waals surface area contributed by atoms with E-state index in [0.717, 1.165) is 25.7 Å². The predicted octanol–water partition coefficient (Wildman–Crippen LogP) is 2.06. The molecule has 0 aromatic heterocycles. The Hall–Kier alpha value is -0.450. The Morgan fingerprint density at radius 3 is 2.50 bits per heavy atom. The molecule has 0 N–H and O–H groups in total. The van der Waals surface area contributed by atoms with Crippen molar-refractivity contribution < 1.29 is 19.0 Å². The van der Waals surface area contributed by atoms with Crippen LogP contribution >= 0.6 is 0 Å². The summed E-state index contributed by atoms with van der Waals surface area (Å²) in [7, 11) is 1.65. The number of Topliss-reactive ketones (excluding diaryl/α,β-unsaturated/α-hetero) is 1. The molecule has 0 aromatic rings. The zero-order valence-corrected chi connectivity index (χ0v) is 11.7. The lowest BCUT2D eigenvalue weighted by Gasteiger charge is -2.25. The van der Waals surface area contributed by atoms with E-state index in [-0.39, 0.29) is 5.92 Å². The third-order valence-electron chi connectivity index (χ3n) is 3.44. The van der Waals surface area contributed by atoms with Gasteiger partial charge in [-0.3, -0.25) is 4.79 Å². The smallest absolute Gasteiger partial charge is 0.136 e. The van der Waals surface area contributed by atoms with Crippen molar-refractivity contribution in [2.75, 3.05) is 40.1 Å². The number of methoxy groups -OCH3 is 1. The van der Waals surface area contributed by atoms with E-state index in [0.29, 0.717) is 44.7 Å². The minimum absolute atomic E-state index is 0.225. The van der Waals surface area contributed by atoms with Crippen LogP contribution in [0.4, 0.5) is 0 Å². The number of ketones is 1. The van der Waals surface area contributed by atoms with Gasteiger partial charge in [0.25, 0.3) is 0 Å². The summed E-state index contributed by atoms with van der Waals surface area (Å²) in [6, 6.07) is 0. The molecular formula is C14H26O4. The zero-order chi connectivity index (χ0) is 13.2. The van der Waals surface area contributed by atoms with E-state index in [1.165, 1.54) is 0 Å². The van der Waals surface area contributed by atoms with Crippen LogP contribution in [0, 0.1) is 11.8 Å². The van der Waals surface area contributed by atoms with Crippen molar-refractivity contribution in [3.8, 4) is 0 Å². The molecule has 2 unspecified atom stereocenters. The summed E-state index contributed by atoms with van der Waals surface area (Å²) in [6.45, 7) is 5.31. The van der Waals surface area contributed by atoms with Gasteiger partial charge in [-0.15, -0.1) is 0 Å². The summed E-state index contributed by atoms with van der Waals surface area (Å²) in [6.07, 6.45) is 3.71. The fourth-order valence-electron chi connectivity index (χ4n) is 2.30. The lowest BCUT2D eigenvalue weighted by atomic mass is 9.80. The predicted molar refractivity (Wildman–Crippen MR) is 69.6 cm³/mol. The molecule has 0 aliphatic heterocycles. The van der Waals surface area contributed by atoms with Crippen molar-refractivity contribution in [3.63, 3.8) is 0 Å². The Kier molecular flexibility index (Phi) is 8.22. The van der Waals surface area contributed by atoms with Crippen molar-refractivity contribution in [3.05, 3.63) is 0 Å². The zero-order valence-electron chi connectivity index (χ0n) is 11.7. The van der Waals surface area contributed by atoms with E-state index in [1.54, 1.807) is 7.11 Å². The number of ether oxygens (including phenoxy) is 3. The van der Waals surface area contributed by atoms with Gasteiger partial charge in [-0.2, -0.15) is 0 Å². The molecule has 4 nitrogen and oxygen atoms in total. The molecule has 1 aliphatic rings. The monoisotopic (exact) mass is 258 g/mol. The van der Waals surface area contributed by atoms with E-state index < -0.39 is 0 Å². The first-order chi connectivity index (χ1) is 8.74. The van der Waals surface area contributed by atoms with Crippen LogP contribution in [0.15, 0.2) is 0 Å². The lowest BCUT2D eigenvalue weighted by Crippen LogP contribution is -2.25. The van der Waals surface area contributed by atoms with Gasteiger partial charge in [-0.1, -0.05) is 6.92 Å². The maximum absolute atomic E-state index is 11.7. The molecule has 4 heteroatoms. The number of hydrogen-bond donors (Lipinski definition) is 0. The maximum atomic E-state index is 11.7. The highest BCUT2D eigenvalue weighted by atomic mass is 16.5. The van der Waals surface area contributed by atoms with Gasteiger partial charge in [0.2, 0.25) is 0 Å². The van der Waals surface area contributed by atoms with Crippen LogP contribution in [-0.2, 0) is 19.0 Å². The van der Waals surface area contributed by atoms with Crippen molar-refractivity contribution >= 4 is 5.78 Å². The van der Waals surface area contributed by atoms with E-state index >= 15 is 0 Å². The van der Waals surface area contributed by atoms with E-state index in [1.807, 2.05) is 0 Å². The second kappa shape index (κ2) is 9.48. The molecule has 18 heavy (non-hydrogen) atoms. The third-order valence-corrected chi connectivity index (χ3v) is 3.44.